The summed E-state index contributed by atoms with van der Waals surface area (Å²) in [5.41, 5.74) is 1.27. The van der Waals surface area contributed by atoms with E-state index in [9.17, 15) is 20.3 Å². The third-order valence-corrected chi connectivity index (χ3v) is 3.36. The molecule has 0 spiro atoms. The summed E-state index contributed by atoms with van der Waals surface area (Å²) in [6.07, 6.45) is 0. The number of nitrogens with zero attached hydrogens (tertiary/aromatic N) is 1. The van der Waals surface area contributed by atoms with Gasteiger partial charge in [-0.25, -0.2) is 0 Å². The quantitative estimate of drug-likeness (QED) is 0.586. The van der Waals surface area contributed by atoms with E-state index in [1.54, 1.807) is 12.1 Å². The van der Waals surface area contributed by atoms with Gasteiger partial charge in [0.25, 0.3) is 5.69 Å². The second-order valence-corrected chi connectivity index (χ2v) is 4.94. The van der Waals surface area contributed by atoms with Gasteiger partial charge >= 0.3 is 0 Å². The molecule has 0 aliphatic heterocycles. The van der Waals surface area contributed by atoms with E-state index in [1.807, 2.05) is 0 Å². The number of aromatic hydroxyl groups is 2. The van der Waals surface area contributed by atoms with E-state index in [0.29, 0.717) is 22.3 Å². The number of halogens is 1. The van der Waals surface area contributed by atoms with E-state index in [1.165, 1.54) is 24.3 Å². The number of rotatable bonds is 4. The number of anilines is 1. The first-order valence-corrected chi connectivity index (χ1v) is 6.45. The largest absolute Gasteiger partial charge is 0.508 e. The molecule has 0 atom stereocenters. The van der Waals surface area contributed by atoms with Crippen molar-refractivity contribution in [3.8, 4) is 11.5 Å². The zero-order chi connectivity index (χ0) is 14.7. The van der Waals surface area contributed by atoms with Gasteiger partial charge in [0.15, 0.2) is 0 Å². The highest BCUT2D eigenvalue weighted by Crippen LogP contribution is 2.29. The molecule has 0 aliphatic carbocycles. The average molecular weight is 339 g/mol. The number of nitrogens with one attached hydrogen (secondary N) is 1. The predicted molar refractivity (Wildman–Crippen MR) is 77.9 cm³/mol. The molecular formula is C13H11BrN2O4. The summed E-state index contributed by atoms with van der Waals surface area (Å²) < 4.78 is 0.560. The van der Waals surface area contributed by atoms with Crippen molar-refractivity contribution in [2.24, 2.45) is 0 Å². The van der Waals surface area contributed by atoms with Crippen LogP contribution in [-0.4, -0.2) is 15.1 Å². The monoisotopic (exact) mass is 338 g/mol. The lowest BCUT2D eigenvalue weighted by Crippen LogP contribution is -2.00. The zero-order valence-electron chi connectivity index (χ0n) is 10.2. The van der Waals surface area contributed by atoms with E-state index >= 15 is 0 Å². The minimum Gasteiger partial charge on any atom is -0.508 e. The fourth-order valence-electron chi connectivity index (χ4n) is 1.65. The topological polar surface area (TPSA) is 95.6 Å². The minimum absolute atomic E-state index is 0.00472. The summed E-state index contributed by atoms with van der Waals surface area (Å²) in [6, 6.07) is 8.70. The number of phenolic OH excluding ortho intramolecular Hbond substituents is 2. The molecule has 0 saturated carbocycles. The van der Waals surface area contributed by atoms with Crippen molar-refractivity contribution in [3.63, 3.8) is 0 Å². The van der Waals surface area contributed by atoms with E-state index in [2.05, 4.69) is 21.2 Å². The van der Waals surface area contributed by atoms with Crippen LogP contribution >= 0.6 is 15.9 Å². The molecule has 2 aromatic rings. The SMILES string of the molecule is O=[N+]([O-])c1ccc(NCc2ccc(O)cc2O)c(Br)c1. The first-order valence-electron chi connectivity index (χ1n) is 5.66. The summed E-state index contributed by atoms with van der Waals surface area (Å²) in [6.45, 7) is 0.322. The smallest absolute Gasteiger partial charge is 0.270 e. The second-order valence-electron chi connectivity index (χ2n) is 4.09. The molecular weight excluding hydrogens is 328 g/mol. The zero-order valence-corrected chi connectivity index (χ0v) is 11.8. The Morgan fingerprint density at radius 2 is 1.95 bits per heavy atom. The van der Waals surface area contributed by atoms with Crippen LogP contribution in [0.25, 0.3) is 0 Å². The molecule has 0 unspecified atom stereocenters. The molecule has 0 aromatic heterocycles. The van der Waals surface area contributed by atoms with Crippen LogP contribution in [0, 0.1) is 10.1 Å². The molecule has 0 aliphatic rings. The first-order chi connectivity index (χ1) is 9.47. The van der Waals surface area contributed by atoms with Crippen molar-refractivity contribution in [1.29, 1.82) is 0 Å². The van der Waals surface area contributed by atoms with Crippen LogP contribution in [0.2, 0.25) is 0 Å². The lowest BCUT2D eigenvalue weighted by Gasteiger charge is -2.10. The normalized spacial score (nSPS) is 10.2. The summed E-state index contributed by atoms with van der Waals surface area (Å²) in [5.74, 6) is -0.0294. The molecule has 6 nitrogen and oxygen atoms in total. The summed E-state index contributed by atoms with van der Waals surface area (Å²) >= 11 is 3.25. The standard InChI is InChI=1S/C13H11BrN2O4/c14-11-5-9(16(19)20)2-4-12(11)15-7-8-1-3-10(17)6-13(8)18/h1-6,15,17-18H,7H2. The molecule has 0 fully saturated rings. The van der Waals surface area contributed by atoms with Crippen LogP contribution in [0.15, 0.2) is 40.9 Å². The van der Waals surface area contributed by atoms with E-state index in [4.69, 9.17) is 0 Å². The highest BCUT2D eigenvalue weighted by Gasteiger charge is 2.09. The van der Waals surface area contributed by atoms with Crippen molar-refractivity contribution >= 4 is 27.3 Å². The highest BCUT2D eigenvalue weighted by atomic mass is 79.9. The number of hydrogen-bond donors (Lipinski definition) is 3. The summed E-state index contributed by atoms with van der Waals surface area (Å²) in [7, 11) is 0. The Hall–Kier alpha value is -2.28. The molecule has 3 N–H and O–H groups in total. The lowest BCUT2D eigenvalue weighted by molar-refractivity contribution is -0.384. The van der Waals surface area contributed by atoms with Crippen molar-refractivity contribution < 1.29 is 15.1 Å². The van der Waals surface area contributed by atoms with Crippen LogP contribution in [-0.2, 0) is 6.54 Å². The Labute approximate surface area is 123 Å². The van der Waals surface area contributed by atoms with E-state index in [0.717, 1.165) is 0 Å². The fourth-order valence-corrected chi connectivity index (χ4v) is 2.16. The Bertz CT molecular complexity index is 661. The maximum atomic E-state index is 10.6. The molecule has 0 amide bonds. The van der Waals surface area contributed by atoms with E-state index < -0.39 is 4.92 Å². The molecule has 7 heteroatoms. The highest BCUT2D eigenvalue weighted by molar-refractivity contribution is 9.10. The molecule has 0 bridgehead atoms. The third kappa shape index (κ3) is 3.18. The van der Waals surface area contributed by atoms with E-state index in [-0.39, 0.29) is 17.2 Å². The van der Waals surface area contributed by atoms with Crippen molar-refractivity contribution in [1.82, 2.24) is 0 Å². The van der Waals surface area contributed by atoms with Gasteiger partial charge in [0.1, 0.15) is 11.5 Å². The van der Waals surface area contributed by atoms with Crippen LogP contribution in [0.4, 0.5) is 11.4 Å². The summed E-state index contributed by atoms with van der Waals surface area (Å²) in [4.78, 5) is 10.2. The molecule has 2 rings (SSSR count). The van der Waals surface area contributed by atoms with Gasteiger partial charge in [0.05, 0.1) is 4.92 Å². The Balaban J connectivity index is 2.13. The van der Waals surface area contributed by atoms with Crippen molar-refractivity contribution in [3.05, 3.63) is 56.5 Å². The fraction of sp³-hybridized carbons (Fsp3) is 0.0769. The van der Waals surface area contributed by atoms with Gasteiger partial charge in [-0.3, -0.25) is 10.1 Å². The Morgan fingerprint density at radius 3 is 2.55 bits per heavy atom. The van der Waals surface area contributed by atoms with Gasteiger partial charge in [0, 0.05) is 40.5 Å². The van der Waals surface area contributed by atoms with Crippen LogP contribution < -0.4 is 5.32 Å². The van der Waals surface area contributed by atoms with Gasteiger partial charge < -0.3 is 15.5 Å². The number of hydrogen-bond acceptors (Lipinski definition) is 5. The Kier molecular flexibility index (Phi) is 4.09. The second kappa shape index (κ2) is 5.79. The number of non-ortho nitro benzene ring substituents is 1. The molecule has 0 radical (unpaired) electrons. The van der Waals surface area contributed by atoms with Gasteiger partial charge in [-0.1, -0.05) is 0 Å². The third-order valence-electron chi connectivity index (χ3n) is 2.70. The first kappa shape index (κ1) is 14.1. The van der Waals surface area contributed by atoms with Crippen LogP contribution in [0.1, 0.15) is 5.56 Å². The molecule has 104 valence electrons. The number of nitro benzene ring substituents is 1. The predicted octanol–water partition coefficient (Wildman–Crippen LogP) is 3.38. The summed E-state index contributed by atoms with van der Waals surface area (Å²) in [5, 5.41) is 32.5. The Morgan fingerprint density at radius 1 is 1.20 bits per heavy atom. The van der Waals surface area contributed by atoms with Gasteiger partial charge in [0.2, 0.25) is 0 Å². The molecule has 2 aromatic carbocycles. The van der Waals surface area contributed by atoms with Gasteiger partial charge in [-0.15, -0.1) is 0 Å². The lowest BCUT2D eigenvalue weighted by atomic mass is 10.2. The van der Waals surface area contributed by atoms with Crippen molar-refractivity contribution in [2.45, 2.75) is 6.54 Å². The van der Waals surface area contributed by atoms with Crippen LogP contribution in [0.5, 0.6) is 11.5 Å². The van der Waals surface area contributed by atoms with Crippen LogP contribution in [0.3, 0.4) is 0 Å². The molecule has 0 heterocycles. The minimum atomic E-state index is -0.472. The average Bonchev–Trinajstić information content (AvgIpc) is 2.38. The number of benzene rings is 2. The molecule has 0 saturated heterocycles. The van der Waals surface area contributed by atoms with Gasteiger partial charge in [-0.2, -0.15) is 0 Å². The number of phenols is 2. The van der Waals surface area contributed by atoms with Gasteiger partial charge in [-0.05, 0) is 34.1 Å². The van der Waals surface area contributed by atoms with Crippen molar-refractivity contribution in [2.75, 3.05) is 5.32 Å². The maximum absolute atomic E-state index is 10.6. The molecule has 20 heavy (non-hydrogen) atoms. The maximum Gasteiger partial charge on any atom is 0.270 e. The number of nitro groups is 1.